The molecule has 21 heavy (non-hydrogen) atoms. The van der Waals surface area contributed by atoms with Crippen LogP contribution >= 0.6 is 11.6 Å². The zero-order valence-electron chi connectivity index (χ0n) is 12.3. The van der Waals surface area contributed by atoms with Crippen molar-refractivity contribution in [3.05, 3.63) is 38.9 Å². The molecular formula is C14H19ClN2O4. The Hall–Kier alpha value is -1.66. The lowest BCUT2D eigenvalue weighted by Crippen LogP contribution is -2.38. The fourth-order valence-electron chi connectivity index (χ4n) is 1.92. The van der Waals surface area contributed by atoms with E-state index in [0.717, 1.165) is 0 Å². The molecule has 0 amide bonds. The van der Waals surface area contributed by atoms with E-state index in [1.807, 2.05) is 13.8 Å². The first kappa shape index (κ1) is 17.4. The summed E-state index contributed by atoms with van der Waals surface area (Å²) in [6, 6.07) is 3.76. The van der Waals surface area contributed by atoms with Crippen LogP contribution in [0.25, 0.3) is 0 Å². The van der Waals surface area contributed by atoms with Crippen molar-refractivity contribution < 1.29 is 14.5 Å². The Labute approximate surface area is 128 Å². The Morgan fingerprint density at radius 2 is 2.14 bits per heavy atom. The van der Waals surface area contributed by atoms with E-state index in [1.165, 1.54) is 25.3 Å². The third-order valence-corrected chi connectivity index (χ3v) is 3.34. The van der Waals surface area contributed by atoms with Gasteiger partial charge >= 0.3 is 5.97 Å². The molecule has 0 fully saturated rings. The number of ether oxygens (including phenoxy) is 1. The summed E-state index contributed by atoms with van der Waals surface area (Å²) in [7, 11) is 1.33. The quantitative estimate of drug-likeness (QED) is 0.475. The maximum absolute atomic E-state index is 11.7. The monoisotopic (exact) mass is 314 g/mol. The minimum absolute atomic E-state index is 0.0327. The Morgan fingerprint density at radius 1 is 1.48 bits per heavy atom. The highest BCUT2D eigenvalue weighted by Gasteiger charge is 2.20. The van der Waals surface area contributed by atoms with Crippen LogP contribution in [0.1, 0.15) is 25.8 Å². The number of benzene rings is 1. The van der Waals surface area contributed by atoms with Crippen molar-refractivity contribution in [1.29, 1.82) is 0 Å². The summed E-state index contributed by atoms with van der Waals surface area (Å²) in [5.74, 6) is -0.0487. The number of methoxy groups -OCH3 is 1. The fourth-order valence-corrected chi connectivity index (χ4v) is 2.10. The second-order valence-electron chi connectivity index (χ2n) is 5.12. The topological polar surface area (TPSA) is 81.5 Å². The van der Waals surface area contributed by atoms with Gasteiger partial charge in [-0.05, 0) is 24.0 Å². The molecule has 0 aromatic heterocycles. The van der Waals surface area contributed by atoms with Crippen LogP contribution in [0, 0.1) is 16.0 Å². The van der Waals surface area contributed by atoms with Crippen LogP contribution in [0.3, 0.4) is 0 Å². The van der Waals surface area contributed by atoms with E-state index in [0.29, 0.717) is 22.9 Å². The van der Waals surface area contributed by atoms with E-state index in [4.69, 9.17) is 16.3 Å². The van der Waals surface area contributed by atoms with E-state index in [9.17, 15) is 14.9 Å². The van der Waals surface area contributed by atoms with Gasteiger partial charge < -0.3 is 10.1 Å². The predicted molar refractivity (Wildman–Crippen MR) is 80.2 cm³/mol. The lowest BCUT2D eigenvalue weighted by molar-refractivity contribution is -0.384. The summed E-state index contributed by atoms with van der Waals surface area (Å²) < 4.78 is 4.75. The van der Waals surface area contributed by atoms with Crippen molar-refractivity contribution in [3.63, 3.8) is 0 Å². The van der Waals surface area contributed by atoms with Crippen molar-refractivity contribution >= 4 is 23.3 Å². The van der Waals surface area contributed by atoms with Gasteiger partial charge in [0.15, 0.2) is 0 Å². The Balaban J connectivity index is 2.81. The van der Waals surface area contributed by atoms with Crippen LogP contribution < -0.4 is 5.32 Å². The number of nitrogens with one attached hydrogen (secondary N) is 1. The molecular weight excluding hydrogens is 296 g/mol. The average Bonchev–Trinajstić information content (AvgIpc) is 2.43. The van der Waals surface area contributed by atoms with Crippen LogP contribution in [-0.4, -0.2) is 24.0 Å². The van der Waals surface area contributed by atoms with Crippen LogP contribution in [0.4, 0.5) is 5.69 Å². The summed E-state index contributed by atoms with van der Waals surface area (Å²) >= 11 is 6.02. The molecule has 116 valence electrons. The van der Waals surface area contributed by atoms with Crippen molar-refractivity contribution in [2.24, 2.45) is 5.92 Å². The molecule has 1 atom stereocenters. The molecule has 0 aliphatic carbocycles. The number of halogens is 1. The lowest BCUT2D eigenvalue weighted by atomic mass is 10.0. The standard InChI is InChI=1S/C14H19ClN2O4/c1-9(2)6-13(14(18)21-3)16-8-10-7-11(17(19)20)4-5-12(10)15/h4-5,7,9,13,16H,6,8H2,1-3H3. The molecule has 0 saturated carbocycles. The first-order chi connectivity index (χ1) is 9.85. The minimum Gasteiger partial charge on any atom is -0.468 e. The van der Waals surface area contributed by atoms with E-state index in [-0.39, 0.29) is 18.2 Å². The average molecular weight is 315 g/mol. The van der Waals surface area contributed by atoms with Gasteiger partial charge in [0.1, 0.15) is 6.04 Å². The summed E-state index contributed by atoms with van der Waals surface area (Å²) in [6.45, 7) is 4.25. The smallest absolute Gasteiger partial charge is 0.322 e. The normalized spacial score (nSPS) is 12.2. The first-order valence-corrected chi connectivity index (χ1v) is 6.97. The van der Waals surface area contributed by atoms with E-state index >= 15 is 0 Å². The lowest BCUT2D eigenvalue weighted by Gasteiger charge is -2.18. The number of esters is 1. The first-order valence-electron chi connectivity index (χ1n) is 6.59. The van der Waals surface area contributed by atoms with E-state index in [1.54, 1.807) is 0 Å². The molecule has 1 unspecified atom stereocenters. The Kier molecular flexibility index (Phi) is 6.58. The number of rotatable bonds is 7. The molecule has 1 rings (SSSR count). The van der Waals surface area contributed by atoms with Gasteiger partial charge in [-0.15, -0.1) is 0 Å². The number of nitro benzene ring substituents is 1. The molecule has 0 radical (unpaired) electrons. The van der Waals surface area contributed by atoms with Gasteiger partial charge in [0.25, 0.3) is 5.69 Å². The van der Waals surface area contributed by atoms with Gasteiger partial charge in [-0.3, -0.25) is 14.9 Å². The number of nitrogens with zero attached hydrogens (tertiary/aromatic N) is 1. The number of hydrogen-bond donors (Lipinski definition) is 1. The third kappa shape index (κ3) is 5.32. The molecule has 0 heterocycles. The molecule has 6 nitrogen and oxygen atoms in total. The van der Waals surface area contributed by atoms with Gasteiger partial charge in [0, 0.05) is 23.7 Å². The highest BCUT2D eigenvalue weighted by atomic mass is 35.5. The van der Waals surface area contributed by atoms with Crippen LogP contribution in [0.5, 0.6) is 0 Å². The van der Waals surface area contributed by atoms with Crippen LogP contribution in [0.15, 0.2) is 18.2 Å². The predicted octanol–water partition coefficient (Wildman–Crippen LogP) is 2.93. The highest BCUT2D eigenvalue weighted by molar-refractivity contribution is 6.31. The van der Waals surface area contributed by atoms with Gasteiger partial charge in [-0.1, -0.05) is 25.4 Å². The van der Waals surface area contributed by atoms with Gasteiger partial charge in [-0.2, -0.15) is 0 Å². The summed E-state index contributed by atoms with van der Waals surface area (Å²) in [4.78, 5) is 22.0. The van der Waals surface area contributed by atoms with Crippen LogP contribution in [0.2, 0.25) is 5.02 Å². The SMILES string of the molecule is COC(=O)C(CC(C)C)NCc1cc([N+](=O)[O-])ccc1Cl. The van der Waals surface area contributed by atoms with E-state index < -0.39 is 11.0 Å². The molecule has 0 saturated heterocycles. The van der Waals surface area contributed by atoms with Gasteiger partial charge in [0.2, 0.25) is 0 Å². The molecule has 7 heteroatoms. The van der Waals surface area contributed by atoms with Crippen molar-refractivity contribution in [2.45, 2.75) is 32.9 Å². The molecule has 0 bridgehead atoms. The van der Waals surface area contributed by atoms with Crippen molar-refractivity contribution in [2.75, 3.05) is 7.11 Å². The van der Waals surface area contributed by atoms with Gasteiger partial charge in [0.05, 0.1) is 12.0 Å². The largest absolute Gasteiger partial charge is 0.468 e. The molecule has 1 aromatic rings. The molecule has 1 aromatic carbocycles. The zero-order chi connectivity index (χ0) is 16.0. The minimum atomic E-state index is -0.480. The summed E-state index contributed by atoms with van der Waals surface area (Å²) in [5, 5.41) is 14.2. The Bertz CT molecular complexity index is 520. The number of carbonyl (C=O) groups is 1. The molecule has 0 aliphatic rings. The molecule has 1 N–H and O–H groups in total. The highest BCUT2D eigenvalue weighted by Crippen LogP contribution is 2.22. The number of non-ortho nitro benzene ring substituents is 1. The zero-order valence-corrected chi connectivity index (χ0v) is 13.0. The maximum Gasteiger partial charge on any atom is 0.322 e. The maximum atomic E-state index is 11.7. The molecule has 0 aliphatic heterocycles. The second kappa shape index (κ2) is 7.95. The van der Waals surface area contributed by atoms with Crippen LogP contribution in [-0.2, 0) is 16.1 Å². The fraction of sp³-hybridized carbons (Fsp3) is 0.500. The van der Waals surface area contributed by atoms with Crippen molar-refractivity contribution in [1.82, 2.24) is 5.32 Å². The third-order valence-electron chi connectivity index (χ3n) is 2.97. The second-order valence-corrected chi connectivity index (χ2v) is 5.53. The number of nitro groups is 1. The summed E-state index contributed by atoms with van der Waals surface area (Å²) in [6.07, 6.45) is 0.610. The summed E-state index contributed by atoms with van der Waals surface area (Å²) in [5.41, 5.74) is 0.540. The number of hydrogen-bond acceptors (Lipinski definition) is 5. The van der Waals surface area contributed by atoms with E-state index in [2.05, 4.69) is 5.32 Å². The number of carbonyl (C=O) groups excluding carboxylic acids is 1. The Morgan fingerprint density at radius 3 is 2.67 bits per heavy atom. The van der Waals surface area contributed by atoms with Gasteiger partial charge in [-0.25, -0.2) is 0 Å². The molecule has 0 spiro atoms. The van der Waals surface area contributed by atoms with Crippen molar-refractivity contribution in [3.8, 4) is 0 Å².